The number of amides is 1. The Labute approximate surface area is 127 Å². The third-order valence-corrected chi connectivity index (χ3v) is 4.08. The van der Waals surface area contributed by atoms with Gasteiger partial charge in [-0.1, -0.05) is 11.3 Å². The number of anilines is 1. The Morgan fingerprint density at radius 1 is 1.09 bits per heavy atom. The lowest BCUT2D eigenvalue weighted by Gasteiger charge is -2.00. The molecule has 0 bridgehead atoms. The number of aromatic nitrogens is 4. The molecule has 0 aliphatic carbocycles. The number of hydrogen-bond donors (Lipinski definition) is 2. The Kier molecular flexibility index (Phi) is 2.83. The zero-order valence-electron chi connectivity index (χ0n) is 11.0. The summed E-state index contributed by atoms with van der Waals surface area (Å²) < 4.78 is 13.8. The molecule has 8 heteroatoms. The third-order valence-electron chi connectivity index (χ3n) is 3.15. The molecule has 2 aromatic heterocycles. The summed E-state index contributed by atoms with van der Waals surface area (Å²) in [6.45, 7) is 0. The molecule has 4 rings (SSSR count). The van der Waals surface area contributed by atoms with Crippen LogP contribution in [0, 0.1) is 5.82 Å². The van der Waals surface area contributed by atoms with Crippen LogP contribution in [-0.4, -0.2) is 26.3 Å². The highest BCUT2D eigenvalue weighted by Gasteiger charge is 2.11. The van der Waals surface area contributed by atoms with Crippen molar-refractivity contribution in [3.05, 3.63) is 47.8 Å². The van der Waals surface area contributed by atoms with Gasteiger partial charge in [-0.15, -0.1) is 0 Å². The fraction of sp³-hybridized carbons (Fsp3) is 0. The maximum absolute atomic E-state index is 13.2. The molecule has 2 heterocycles. The summed E-state index contributed by atoms with van der Waals surface area (Å²) in [4.78, 5) is 16.5. The second-order valence-corrected chi connectivity index (χ2v) is 5.64. The Balaban J connectivity index is 1.64. The van der Waals surface area contributed by atoms with Crippen molar-refractivity contribution in [1.82, 2.24) is 20.4 Å². The summed E-state index contributed by atoms with van der Waals surface area (Å²) in [6, 6.07) is 9.32. The zero-order chi connectivity index (χ0) is 15.1. The lowest BCUT2D eigenvalue weighted by Crippen LogP contribution is -2.11. The van der Waals surface area contributed by atoms with Crippen LogP contribution in [0.25, 0.3) is 21.3 Å². The molecule has 108 valence electrons. The SMILES string of the molecule is O=C(Nc1nc2ccc(F)cc2s1)c1ccc2n[nH]nc2c1. The molecule has 0 saturated heterocycles. The minimum absolute atomic E-state index is 0.301. The van der Waals surface area contributed by atoms with Crippen LogP contribution in [0.2, 0.25) is 0 Å². The first-order valence-electron chi connectivity index (χ1n) is 6.37. The molecule has 0 spiro atoms. The smallest absolute Gasteiger partial charge is 0.257 e. The van der Waals surface area contributed by atoms with Gasteiger partial charge in [0, 0.05) is 5.56 Å². The van der Waals surface area contributed by atoms with Gasteiger partial charge in [-0.25, -0.2) is 9.37 Å². The minimum atomic E-state index is -0.328. The summed E-state index contributed by atoms with van der Waals surface area (Å²) in [5.41, 5.74) is 2.39. The van der Waals surface area contributed by atoms with Gasteiger partial charge in [-0.2, -0.15) is 15.4 Å². The molecule has 0 unspecified atom stereocenters. The average Bonchev–Trinajstić information content (AvgIpc) is 3.11. The summed E-state index contributed by atoms with van der Waals surface area (Å²) in [5.74, 6) is -0.630. The van der Waals surface area contributed by atoms with E-state index in [2.05, 4.69) is 25.7 Å². The largest absolute Gasteiger partial charge is 0.298 e. The van der Waals surface area contributed by atoms with E-state index >= 15 is 0 Å². The predicted octanol–water partition coefficient (Wildman–Crippen LogP) is 2.96. The minimum Gasteiger partial charge on any atom is -0.298 e. The predicted molar refractivity (Wildman–Crippen MR) is 81.4 cm³/mol. The summed E-state index contributed by atoms with van der Waals surface area (Å²) in [7, 11) is 0. The first-order chi connectivity index (χ1) is 10.7. The van der Waals surface area contributed by atoms with E-state index in [4.69, 9.17) is 0 Å². The Morgan fingerprint density at radius 3 is 2.82 bits per heavy atom. The molecule has 0 fully saturated rings. The van der Waals surface area contributed by atoms with Crippen LogP contribution in [0.1, 0.15) is 10.4 Å². The number of aromatic amines is 1. The maximum Gasteiger partial charge on any atom is 0.257 e. The van der Waals surface area contributed by atoms with E-state index in [1.54, 1.807) is 24.3 Å². The second-order valence-electron chi connectivity index (χ2n) is 4.61. The van der Waals surface area contributed by atoms with Gasteiger partial charge in [0.2, 0.25) is 0 Å². The van der Waals surface area contributed by atoms with Crippen LogP contribution in [-0.2, 0) is 0 Å². The number of nitrogens with one attached hydrogen (secondary N) is 2. The van der Waals surface area contributed by atoms with E-state index in [9.17, 15) is 9.18 Å². The average molecular weight is 313 g/mol. The molecule has 0 radical (unpaired) electrons. The van der Waals surface area contributed by atoms with E-state index in [1.807, 2.05) is 0 Å². The van der Waals surface area contributed by atoms with Crippen molar-refractivity contribution in [2.75, 3.05) is 5.32 Å². The van der Waals surface area contributed by atoms with Crippen molar-refractivity contribution >= 4 is 43.6 Å². The first kappa shape index (κ1) is 12.8. The van der Waals surface area contributed by atoms with Crippen LogP contribution in [0.5, 0.6) is 0 Å². The van der Waals surface area contributed by atoms with E-state index < -0.39 is 0 Å². The number of thiazole rings is 1. The second kappa shape index (κ2) is 4.85. The van der Waals surface area contributed by atoms with Crippen LogP contribution in [0.3, 0.4) is 0 Å². The number of carbonyl (C=O) groups is 1. The van der Waals surface area contributed by atoms with Gasteiger partial charge in [-0.05, 0) is 36.4 Å². The number of hydrogen-bond acceptors (Lipinski definition) is 5. The lowest BCUT2D eigenvalue weighted by atomic mass is 10.2. The number of fused-ring (bicyclic) bond motifs is 2. The Bertz CT molecular complexity index is 1010. The van der Waals surface area contributed by atoms with E-state index in [-0.39, 0.29) is 11.7 Å². The highest BCUT2D eigenvalue weighted by Crippen LogP contribution is 2.26. The van der Waals surface area contributed by atoms with Crippen molar-refractivity contribution < 1.29 is 9.18 Å². The number of halogens is 1. The van der Waals surface area contributed by atoms with E-state index in [0.717, 1.165) is 0 Å². The van der Waals surface area contributed by atoms with Gasteiger partial charge in [0.1, 0.15) is 16.9 Å². The van der Waals surface area contributed by atoms with Gasteiger partial charge in [-0.3, -0.25) is 10.1 Å². The van der Waals surface area contributed by atoms with Gasteiger partial charge < -0.3 is 0 Å². The molecular weight excluding hydrogens is 305 g/mol. The molecular formula is C14H8FN5OS. The molecule has 0 atom stereocenters. The summed E-state index contributed by atoms with van der Waals surface area (Å²) in [5, 5.41) is 13.5. The normalized spacial score (nSPS) is 11.1. The highest BCUT2D eigenvalue weighted by molar-refractivity contribution is 7.22. The van der Waals surface area contributed by atoms with E-state index in [0.29, 0.717) is 31.9 Å². The molecule has 6 nitrogen and oxygen atoms in total. The van der Waals surface area contributed by atoms with Crippen molar-refractivity contribution in [1.29, 1.82) is 0 Å². The number of benzene rings is 2. The van der Waals surface area contributed by atoms with Gasteiger partial charge in [0.05, 0.1) is 10.2 Å². The highest BCUT2D eigenvalue weighted by atomic mass is 32.1. The molecule has 0 aliphatic rings. The third kappa shape index (κ3) is 2.19. The standard InChI is InChI=1S/C14H8FN5OS/c15-8-2-4-10-12(6-8)22-14(16-10)17-13(21)7-1-3-9-11(5-7)19-20-18-9/h1-6H,(H,16,17,21)(H,18,19,20). The van der Waals surface area contributed by atoms with Gasteiger partial charge in [0.15, 0.2) is 5.13 Å². The first-order valence-corrected chi connectivity index (χ1v) is 7.19. The Hall–Kier alpha value is -2.87. The molecule has 2 N–H and O–H groups in total. The van der Waals surface area contributed by atoms with Crippen molar-refractivity contribution in [3.63, 3.8) is 0 Å². The molecule has 22 heavy (non-hydrogen) atoms. The molecule has 4 aromatic rings. The van der Waals surface area contributed by atoms with Crippen molar-refractivity contribution in [2.24, 2.45) is 0 Å². The lowest BCUT2D eigenvalue weighted by molar-refractivity contribution is 0.102. The maximum atomic E-state index is 13.2. The topological polar surface area (TPSA) is 83.6 Å². The monoisotopic (exact) mass is 313 g/mol. The zero-order valence-corrected chi connectivity index (χ0v) is 11.8. The number of rotatable bonds is 2. The Morgan fingerprint density at radius 2 is 1.91 bits per heavy atom. The fourth-order valence-electron chi connectivity index (χ4n) is 2.10. The molecule has 2 aromatic carbocycles. The quantitative estimate of drug-likeness (QED) is 0.596. The number of carbonyl (C=O) groups excluding carboxylic acids is 1. The number of nitrogens with zero attached hydrogens (tertiary/aromatic N) is 3. The van der Waals surface area contributed by atoms with Crippen LogP contribution in [0.15, 0.2) is 36.4 Å². The molecule has 1 amide bonds. The summed E-state index contributed by atoms with van der Waals surface area (Å²) >= 11 is 1.22. The number of H-pyrrole nitrogens is 1. The van der Waals surface area contributed by atoms with E-state index in [1.165, 1.54) is 23.5 Å². The molecule has 0 aliphatic heterocycles. The van der Waals surface area contributed by atoms with Crippen LogP contribution >= 0.6 is 11.3 Å². The van der Waals surface area contributed by atoms with Crippen molar-refractivity contribution in [3.8, 4) is 0 Å². The van der Waals surface area contributed by atoms with Crippen molar-refractivity contribution in [2.45, 2.75) is 0 Å². The van der Waals surface area contributed by atoms with Crippen LogP contribution in [0.4, 0.5) is 9.52 Å². The fourth-order valence-corrected chi connectivity index (χ4v) is 2.99. The van der Waals surface area contributed by atoms with Gasteiger partial charge >= 0.3 is 0 Å². The summed E-state index contributed by atoms with van der Waals surface area (Å²) in [6.07, 6.45) is 0. The van der Waals surface area contributed by atoms with Gasteiger partial charge in [0.25, 0.3) is 5.91 Å². The van der Waals surface area contributed by atoms with Crippen LogP contribution < -0.4 is 5.32 Å². The molecule has 0 saturated carbocycles.